The van der Waals surface area contributed by atoms with Crippen LogP contribution in [0.5, 0.6) is 0 Å². The van der Waals surface area contributed by atoms with Crippen LogP contribution in [-0.2, 0) is 26.1 Å². The summed E-state index contributed by atoms with van der Waals surface area (Å²) in [5.41, 5.74) is 0.841. The molecule has 0 spiro atoms. The van der Waals surface area contributed by atoms with Crippen molar-refractivity contribution < 1.29 is 17.9 Å². The van der Waals surface area contributed by atoms with Crippen LogP contribution in [-0.4, -0.2) is 44.0 Å². The topological polar surface area (TPSA) is 77.5 Å². The second-order valence-electron chi connectivity index (χ2n) is 5.50. The molecule has 1 aliphatic heterocycles. The van der Waals surface area contributed by atoms with Gasteiger partial charge in [-0.1, -0.05) is 6.07 Å². The lowest BCUT2D eigenvalue weighted by atomic mass is 10.1. The van der Waals surface area contributed by atoms with Crippen LogP contribution in [0.1, 0.15) is 25.0 Å². The molecule has 2 heterocycles. The predicted octanol–water partition coefficient (Wildman–Crippen LogP) is 0.837. The lowest BCUT2D eigenvalue weighted by Crippen LogP contribution is -2.51. The Bertz CT molecular complexity index is 560. The number of rotatable bonds is 6. The maximum Gasteiger partial charge on any atom is 0.214 e. The monoisotopic (exact) mass is 312 g/mol. The van der Waals surface area contributed by atoms with Crippen LogP contribution < -0.4 is 4.72 Å². The first-order chi connectivity index (χ1) is 10.1. The van der Waals surface area contributed by atoms with Gasteiger partial charge in [-0.25, -0.2) is 13.1 Å². The molecule has 1 saturated heterocycles. The fraction of sp³-hybridized carbons (Fsp3) is 0.643. The van der Waals surface area contributed by atoms with Crippen molar-refractivity contribution in [3.8, 4) is 0 Å². The minimum Gasteiger partial charge on any atom is -0.380 e. The van der Waals surface area contributed by atoms with E-state index in [-0.39, 0.29) is 17.4 Å². The molecule has 1 N–H and O–H groups in total. The molecule has 0 unspecified atom stereocenters. The van der Waals surface area contributed by atoms with Crippen molar-refractivity contribution in [3.05, 3.63) is 30.1 Å². The molecular weight excluding hydrogens is 292 g/mol. The van der Waals surface area contributed by atoms with E-state index in [1.54, 1.807) is 6.20 Å². The molecule has 6 nitrogen and oxygen atoms in total. The molecule has 0 amide bonds. The molecule has 7 heteroatoms. The van der Waals surface area contributed by atoms with E-state index in [0.717, 1.165) is 18.5 Å². The number of nitrogens with zero attached hydrogens (tertiary/aromatic N) is 1. The first-order valence-corrected chi connectivity index (χ1v) is 8.80. The molecule has 3 rings (SSSR count). The van der Waals surface area contributed by atoms with E-state index in [1.165, 1.54) is 0 Å². The molecule has 0 aromatic carbocycles. The third-order valence-electron chi connectivity index (χ3n) is 3.74. The molecule has 2 aliphatic rings. The van der Waals surface area contributed by atoms with Gasteiger partial charge < -0.3 is 9.47 Å². The lowest BCUT2D eigenvalue weighted by molar-refractivity contribution is -0.0580. The molecule has 21 heavy (non-hydrogen) atoms. The minimum atomic E-state index is -3.23. The number of sulfonamides is 1. The maximum absolute atomic E-state index is 12.0. The van der Waals surface area contributed by atoms with Crippen LogP contribution in [0.15, 0.2) is 24.4 Å². The quantitative estimate of drug-likeness (QED) is 0.842. The highest BCUT2D eigenvalue weighted by Gasteiger charge is 2.39. The van der Waals surface area contributed by atoms with E-state index in [2.05, 4.69) is 9.71 Å². The van der Waals surface area contributed by atoms with Gasteiger partial charge in [0.15, 0.2) is 0 Å². The second-order valence-corrected chi connectivity index (χ2v) is 7.50. The Kier molecular flexibility index (Phi) is 4.54. The van der Waals surface area contributed by atoms with Gasteiger partial charge in [-0.3, -0.25) is 4.98 Å². The van der Waals surface area contributed by atoms with Crippen molar-refractivity contribution in [1.29, 1.82) is 0 Å². The maximum atomic E-state index is 12.0. The molecule has 116 valence electrons. The molecule has 1 aliphatic carbocycles. The summed E-state index contributed by atoms with van der Waals surface area (Å²) in [7, 11) is -3.23. The Labute approximate surface area is 124 Å². The van der Waals surface area contributed by atoms with Gasteiger partial charge in [0.05, 0.1) is 36.3 Å². The van der Waals surface area contributed by atoms with Gasteiger partial charge in [-0.05, 0) is 31.4 Å². The Morgan fingerprint density at radius 3 is 2.90 bits per heavy atom. The first-order valence-electron chi connectivity index (χ1n) is 7.25. The van der Waals surface area contributed by atoms with E-state index in [4.69, 9.17) is 9.47 Å². The van der Waals surface area contributed by atoms with Crippen LogP contribution in [0.25, 0.3) is 0 Å². The Morgan fingerprint density at radius 2 is 2.19 bits per heavy atom. The van der Waals surface area contributed by atoms with Crippen LogP contribution in [0.4, 0.5) is 0 Å². The van der Waals surface area contributed by atoms with Crippen molar-refractivity contribution >= 4 is 10.0 Å². The molecular formula is C14H20N2O4S. The van der Waals surface area contributed by atoms with Gasteiger partial charge >= 0.3 is 0 Å². The average Bonchev–Trinajstić information content (AvgIpc) is 3.32. The number of aromatic nitrogens is 1. The highest BCUT2D eigenvalue weighted by Crippen LogP contribution is 2.28. The summed E-state index contributed by atoms with van der Waals surface area (Å²) in [5, 5.41) is -0.226. The van der Waals surface area contributed by atoms with E-state index in [0.29, 0.717) is 26.2 Å². The van der Waals surface area contributed by atoms with Gasteiger partial charge in [0.1, 0.15) is 0 Å². The SMILES string of the molecule is O=S(=O)(N[C@@H]1COCC[C@H]1OCc1ccccn1)C1CC1. The lowest BCUT2D eigenvalue weighted by Gasteiger charge is -2.31. The molecule has 1 saturated carbocycles. The molecule has 0 bridgehead atoms. The third kappa shape index (κ3) is 4.00. The minimum absolute atomic E-state index is 0.172. The highest BCUT2D eigenvalue weighted by atomic mass is 32.2. The normalized spacial score (nSPS) is 26.7. The number of hydrogen-bond acceptors (Lipinski definition) is 5. The molecule has 1 aromatic rings. The molecule has 0 radical (unpaired) electrons. The van der Waals surface area contributed by atoms with Gasteiger partial charge in [0, 0.05) is 12.8 Å². The predicted molar refractivity (Wildman–Crippen MR) is 77.1 cm³/mol. The summed E-state index contributed by atoms with van der Waals surface area (Å²) in [6, 6.07) is 5.34. The summed E-state index contributed by atoms with van der Waals surface area (Å²) in [5.74, 6) is 0. The fourth-order valence-corrected chi connectivity index (χ4v) is 3.98. The van der Waals surface area contributed by atoms with Crippen LogP contribution in [0.3, 0.4) is 0 Å². The van der Waals surface area contributed by atoms with Crippen molar-refractivity contribution in [1.82, 2.24) is 9.71 Å². The standard InChI is InChI=1S/C14H20N2O4S/c17-21(18,12-4-5-12)16-13-10-19-8-6-14(13)20-9-11-3-1-2-7-15-11/h1-3,7,12-14,16H,4-6,8-10H2/t13-,14-/m1/s1. The molecule has 1 aromatic heterocycles. The zero-order valence-electron chi connectivity index (χ0n) is 11.8. The third-order valence-corrected chi connectivity index (χ3v) is 5.72. The van der Waals surface area contributed by atoms with E-state index < -0.39 is 10.0 Å². The molecule has 2 fully saturated rings. The van der Waals surface area contributed by atoms with Crippen LogP contribution in [0.2, 0.25) is 0 Å². The van der Waals surface area contributed by atoms with E-state index in [9.17, 15) is 8.42 Å². The summed E-state index contributed by atoms with van der Waals surface area (Å²) in [6.45, 7) is 1.33. The summed E-state index contributed by atoms with van der Waals surface area (Å²) >= 11 is 0. The first kappa shape index (κ1) is 14.9. The van der Waals surface area contributed by atoms with Crippen molar-refractivity contribution in [2.75, 3.05) is 13.2 Å². The highest BCUT2D eigenvalue weighted by molar-refractivity contribution is 7.90. The van der Waals surface area contributed by atoms with Crippen molar-refractivity contribution in [2.45, 2.75) is 43.3 Å². The Morgan fingerprint density at radius 1 is 1.33 bits per heavy atom. The summed E-state index contributed by atoms with van der Waals surface area (Å²) in [4.78, 5) is 4.21. The number of nitrogens with one attached hydrogen (secondary N) is 1. The van der Waals surface area contributed by atoms with E-state index >= 15 is 0 Å². The zero-order valence-corrected chi connectivity index (χ0v) is 12.6. The summed E-state index contributed by atoms with van der Waals surface area (Å²) in [6.07, 6.45) is 3.74. The summed E-state index contributed by atoms with van der Waals surface area (Å²) < 4.78 is 38.1. The fourth-order valence-electron chi connectivity index (χ4n) is 2.39. The largest absolute Gasteiger partial charge is 0.380 e. The number of pyridine rings is 1. The average molecular weight is 312 g/mol. The Balaban J connectivity index is 1.59. The number of hydrogen-bond donors (Lipinski definition) is 1. The smallest absolute Gasteiger partial charge is 0.214 e. The van der Waals surface area contributed by atoms with E-state index in [1.807, 2.05) is 18.2 Å². The van der Waals surface area contributed by atoms with Gasteiger partial charge in [-0.15, -0.1) is 0 Å². The Hall–Kier alpha value is -1.02. The molecule has 2 atom stereocenters. The number of ether oxygens (including phenoxy) is 2. The zero-order chi connectivity index (χ0) is 14.7. The van der Waals surface area contributed by atoms with Crippen LogP contribution in [0, 0.1) is 0 Å². The second kappa shape index (κ2) is 6.39. The van der Waals surface area contributed by atoms with Gasteiger partial charge in [0.2, 0.25) is 10.0 Å². The van der Waals surface area contributed by atoms with Gasteiger partial charge in [0.25, 0.3) is 0 Å². The van der Waals surface area contributed by atoms with Gasteiger partial charge in [-0.2, -0.15) is 0 Å². The van der Waals surface area contributed by atoms with Crippen molar-refractivity contribution in [2.24, 2.45) is 0 Å². The van der Waals surface area contributed by atoms with Crippen molar-refractivity contribution in [3.63, 3.8) is 0 Å². The van der Waals surface area contributed by atoms with Crippen LogP contribution >= 0.6 is 0 Å².